The van der Waals surface area contributed by atoms with Gasteiger partial charge in [-0.1, -0.05) is 6.92 Å². The van der Waals surface area contributed by atoms with Crippen molar-refractivity contribution >= 4 is 5.91 Å². The monoisotopic (exact) mass is 257 g/mol. The fourth-order valence-electron chi connectivity index (χ4n) is 2.15. The summed E-state index contributed by atoms with van der Waals surface area (Å²) in [5.41, 5.74) is 0. The van der Waals surface area contributed by atoms with Gasteiger partial charge in [0.2, 0.25) is 5.91 Å². The molecule has 0 aromatic heterocycles. The third-order valence-corrected chi connectivity index (χ3v) is 3.55. The van der Waals surface area contributed by atoms with Gasteiger partial charge in [0.05, 0.1) is 13.2 Å². The van der Waals surface area contributed by atoms with E-state index < -0.39 is 0 Å². The molecule has 1 N–H and O–H groups in total. The van der Waals surface area contributed by atoms with Crippen molar-refractivity contribution in [2.75, 3.05) is 53.0 Å². The highest BCUT2D eigenvalue weighted by Gasteiger charge is 2.21. The normalized spacial score (nSPS) is 18.6. The number of hydrogen-bond donors (Lipinski definition) is 1. The van der Waals surface area contributed by atoms with Crippen LogP contribution in [0.4, 0.5) is 0 Å². The smallest absolute Gasteiger partial charge is 0.237 e. The van der Waals surface area contributed by atoms with Gasteiger partial charge in [-0.2, -0.15) is 0 Å². The molecule has 18 heavy (non-hydrogen) atoms. The lowest BCUT2D eigenvalue weighted by atomic mass is 10.2. The molecular weight excluding hydrogens is 230 g/mol. The third kappa shape index (κ3) is 4.92. The standard InChI is InChI=1S/C13H27N3O2/c1-4-12(2)16(9-10-18-3)13(17)11-15-7-5-14-6-8-15/h12,14H,4-11H2,1-3H3. The van der Waals surface area contributed by atoms with Crippen LogP contribution in [0.1, 0.15) is 20.3 Å². The molecular formula is C13H27N3O2. The van der Waals surface area contributed by atoms with Crippen molar-refractivity contribution in [1.29, 1.82) is 0 Å². The van der Waals surface area contributed by atoms with E-state index in [-0.39, 0.29) is 11.9 Å². The van der Waals surface area contributed by atoms with E-state index in [4.69, 9.17) is 4.74 Å². The van der Waals surface area contributed by atoms with E-state index in [1.54, 1.807) is 7.11 Å². The summed E-state index contributed by atoms with van der Waals surface area (Å²) in [5, 5.41) is 3.30. The summed E-state index contributed by atoms with van der Waals surface area (Å²) >= 11 is 0. The Morgan fingerprint density at radius 2 is 2.11 bits per heavy atom. The molecule has 0 bridgehead atoms. The molecule has 1 aliphatic heterocycles. The Morgan fingerprint density at radius 3 is 2.67 bits per heavy atom. The van der Waals surface area contributed by atoms with Crippen LogP contribution < -0.4 is 5.32 Å². The fourth-order valence-corrected chi connectivity index (χ4v) is 2.15. The average molecular weight is 257 g/mol. The SMILES string of the molecule is CCC(C)N(CCOC)C(=O)CN1CCNCC1. The van der Waals surface area contributed by atoms with Gasteiger partial charge < -0.3 is 15.0 Å². The molecule has 1 aliphatic rings. The summed E-state index contributed by atoms with van der Waals surface area (Å²) in [5.74, 6) is 0.225. The minimum Gasteiger partial charge on any atom is -0.383 e. The van der Waals surface area contributed by atoms with Crippen LogP contribution in [0.5, 0.6) is 0 Å². The van der Waals surface area contributed by atoms with Crippen LogP contribution in [0.25, 0.3) is 0 Å². The van der Waals surface area contributed by atoms with Crippen LogP contribution in [0, 0.1) is 0 Å². The third-order valence-electron chi connectivity index (χ3n) is 3.55. The molecule has 0 aromatic carbocycles. The number of hydrogen-bond acceptors (Lipinski definition) is 4. The lowest BCUT2D eigenvalue weighted by molar-refractivity contribution is -0.135. The van der Waals surface area contributed by atoms with Crippen molar-refractivity contribution in [3.05, 3.63) is 0 Å². The predicted molar refractivity (Wildman–Crippen MR) is 72.7 cm³/mol. The summed E-state index contributed by atoms with van der Waals surface area (Å²) in [6, 6.07) is 0.288. The van der Waals surface area contributed by atoms with Crippen LogP contribution >= 0.6 is 0 Å². The van der Waals surface area contributed by atoms with Gasteiger partial charge in [-0.3, -0.25) is 9.69 Å². The van der Waals surface area contributed by atoms with E-state index in [2.05, 4.69) is 24.1 Å². The molecule has 1 heterocycles. The van der Waals surface area contributed by atoms with Crippen molar-refractivity contribution in [3.63, 3.8) is 0 Å². The Bertz CT molecular complexity index is 242. The van der Waals surface area contributed by atoms with E-state index in [1.807, 2.05) is 4.90 Å². The maximum atomic E-state index is 12.3. The molecule has 0 aromatic rings. The van der Waals surface area contributed by atoms with Crippen LogP contribution in [-0.2, 0) is 9.53 Å². The first-order valence-electron chi connectivity index (χ1n) is 6.90. The molecule has 0 spiro atoms. The van der Waals surface area contributed by atoms with Crippen molar-refractivity contribution in [2.45, 2.75) is 26.3 Å². The van der Waals surface area contributed by atoms with Gasteiger partial charge in [-0.05, 0) is 13.3 Å². The Kier molecular flexibility index (Phi) is 7.23. The van der Waals surface area contributed by atoms with Crippen LogP contribution in [0.3, 0.4) is 0 Å². The summed E-state index contributed by atoms with van der Waals surface area (Å²) in [6.07, 6.45) is 0.983. The molecule has 1 fully saturated rings. The Morgan fingerprint density at radius 1 is 1.44 bits per heavy atom. The minimum atomic E-state index is 0.225. The van der Waals surface area contributed by atoms with Crippen LogP contribution in [0.2, 0.25) is 0 Å². The number of rotatable bonds is 7. The lowest BCUT2D eigenvalue weighted by Gasteiger charge is -2.32. The van der Waals surface area contributed by atoms with Crippen molar-refractivity contribution in [1.82, 2.24) is 15.1 Å². The first-order chi connectivity index (χ1) is 8.69. The van der Waals surface area contributed by atoms with Gasteiger partial charge >= 0.3 is 0 Å². The molecule has 1 atom stereocenters. The topological polar surface area (TPSA) is 44.8 Å². The molecule has 5 nitrogen and oxygen atoms in total. The summed E-state index contributed by atoms with van der Waals surface area (Å²) < 4.78 is 5.09. The molecule has 1 saturated heterocycles. The molecule has 0 aliphatic carbocycles. The van der Waals surface area contributed by atoms with E-state index in [0.717, 1.165) is 32.6 Å². The zero-order valence-electron chi connectivity index (χ0n) is 11.9. The molecule has 106 valence electrons. The highest BCUT2D eigenvalue weighted by molar-refractivity contribution is 5.78. The second-order valence-electron chi connectivity index (χ2n) is 4.86. The molecule has 1 amide bonds. The van der Waals surface area contributed by atoms with E-state index in [0.29, 0.717) is 19.7 Å². The number of nitrogens with zero attached hydrogens (tertiary/aromatic N) is 2. The first kappa shape index (κ1) is 15.4. The lowest BCUT2D eigenvalue weighted by Crippen LogP contribution is -2.50. The molecule has 1 rings (SSSR count). The van der Waals surface area contributed by atoms with Gasteiger partial charge in [0.1, 0.15) is 0 Å². The van der Waals surface area contributed by atoms with Gasteiger partial charge in [0, 0.05) is 45.9 Å². The fraction of sp³-hybridized carbons (Fsp3) is 0.923. The summed E-state index contributed by atoms with van der Waals surface area (Å²) in [7, 11) is 1.68. The summed E-state index contributed by atoms with van der Waals surface area (Å²) in [6.45, 7) is 9.94. The van der Waals surface area contributed by atoms with Gasteiger partial charge in [-0.25, -0.2) is 0 Å². The maximum Gasteiger partial charge on any atom is 0.237 e. The molecule has 0 radical (unpaired) electrons. The van der Waals surface area contributed by atoms with Gasteiger partial charge in [0.25, 0.3) is 0 Å². The minimum absolute atomic E-state index is 0.225. The van der Waals surface area contributed by atoms with Crippen molar-refractivity contribution in [2.24, 2.45) is 0 Å². The molecule has 0 saturated carbocycles. The van der Waals surface area contributed by atoms with E-state index in [1.165, 1.54) is 0 Å². The predicted octanol–water partition coefficient (Wildman–Crippen LogP) is 0.165. The van der Waals surface area contributed by atoms with E-state index >= 15 is 0 Å². The highest BCUT2D eigenvalue weighted by atomic mass is 16.5. The van der Waals surface area contributed by atoms with Crippen LogP contribution in [0.15, 0.2) is 0 Å². The number of carbonyl (C=O) groups excluding carboxylic acids is 1. The van der Waals surface area contributed by atoms with Crippen molar-refractivity contribution < 1.29 is 9.53 Å². The Labute approximate surface area is 110 Å². The molecule has 5 heteroatoms. The number of carbonyl (C=O) groups is 1. The highest BCUT2D eigenvalue weighted by Crippen LogP contribution is 2.05. The summed E-state index contributed by atoms with van der Waals surface area (Å²) in [4.78, 5) is 16.5. The van der Waals surface area contributed by atoms with E-state index in [9.17, 15) is 4.79 Å². The number of methoxy groups -OCH3 is 1. The van der Waals surface area contributed by atoms with Gasteiger partial charge in [-0.15, -0.1) is 0 Å². The first-order valence-corrected chi connectivity index (χ1v) is 6.90. The maximum absolute atomic E-state index is 12.3. The Hall–Kier alpha value is -0.650. The Balaban J connectivity index is 2.46. The van der Waals surface area contributed by atoms with Gasteiger partial charge in [0.15, 0.2) is 0 Å². The average Bonchev–Trinajstić information content (AvgIpc) is 2.40. The second kappa shape index (κ2) is 8.45. The number of ether oxygens (including phenoxy) is 1. The zero-order chi connectivity index (χ0) is 13.4. The quantitative estimate of drug-likeness (QED) is 0.706. The van der Waals surface area contributed by atoms with Crippen LogP contribution in [-0.4, -0.2) is 74.7 Å². The number of amides is 1. The zero-order valence-corrected chi connectivity index (χ0v) is 11.9. The molecule has 1 unspecified atom stereocenters. The second-order valence-corrected chi connectivity index (χ2v) is 4.86. The largest absolute Gasteiger partial charge is 0.383 e. The van der Waals surface area contributed by atoms with Crippen molar-refractivity contribution in [3.8, 4) is 0 Å². The number of piperazine rings is 1. The number of nitrogens with one attached hydrogen (secondary N) is 1.